The van der Waals surface area contributed by atoms with Crippen molar-refractivity contribution in [2.45, 2.75) is 13.0 Å². The van der Waals surface area contributed by atoms with E-state index >= 15 is 0 Å². The van der Waals surface area contributed by atoms with Gasteiger partial charge in [0.2, 0.25) is 5.91 Å². The molecule has 0 aliphatic heterocycles. The molecule has 3 nitrogen and oxygen atoms in total. The van der Waals surface area contributed by atoms with Gasteiger partial charge < -0.3 is 11.1 Å². The maximum Gasteiger partial charge on any atom is 0.244 e. The van der Waals surface area contributed by atoms with Crippen LogP contribution in [-0.2, 0) is 4.79 Å². The Morgan fingerprint density at radius 1 is 1.39 bits per heavy atom. The standard InChI is InChI=1S/C15H18N2O/c1-3-8-13(9-4-2)17-14(15(16)18)12-10-6-5-7-11-12/h3-11,14,17H,1H2,2H3,(H2,16,18)/b9-4-,13-8+. The summed E-state index contributed by atoms with van der Waals surface area (Å²) in [7, 11) is 0. The van der Waals surface area contributed by atoms with Gasteiger partial charge in [-0.05, 0) is 24.6 Å². The van der Waals surface area contributed by atoms with Crippen LogP contribution in [0.3, 0.4) is 0 Å². The van der Waals surface area contributed by atoms with Crippen molar-refractivity contribution in [1.82, 2.24) is 5.32 Å². The van der Waals surface area contributed by atoms with Gasteiger partial charge in [-0.3, -0.25) is 4.79 Å². The summed E-state index contributed by atoms with van der Waals surface area (Å²) < 4.78 is 0. The fraction of sp³-hybridized carbons (Fsp3) is 0.133. The molecule has 0 heterocycles. The van der Waals surface area contributed by atoms with E-state index in [-0.39, 0.29) is 0 Å². The molecule has 0 radical (unpaired) electrons. The molecule has 3 heteroatoms. The van der Waals surface area contributed by atoms with E-state index in [4.69, 9.17) is 5.73 Å². The molecule has 0 bridgehead atoms. The highest BCUT2D eigenvalue weighted by atomic mass is 16.1. The number of hydrogen-bond acceptors (Lipinski definition) is 2. The predicted molar refractivity (Wildman–Crippen MR) is 74.6 cm³/mol. The fourth-order valence-electron chi connectivity index (χ4n) is 1.59. The molecule has 3 N–H and O–H groups in total. The third-order valence-electron chi connectivity index (χ3n) is 2.37. The van der Waals surface area contributed by atoms with Gasteiger partial charge in [-0.2, -0.15) is 0 Å². The number of nitrogens with two attached hydrogens (primary N) is 1. The fourth-order valence-corrected chi connectivity index (χ4v) is 1.59. The van der Waals surface area contributed by atoms with Gasteiger partial charge in [-0.15, -0.1) is 0 Å². The van der Waals surface area contributed by atoms with E-state index in [1.807, 2.05) is 49.4 Å². The van der Waals surface area contributed by atoms with E-state index in [0.717, 1.165) is 11.3 Å². The van der Waals surface area contributed by atoms with Gasteiger partial charge in [0.25, 0.3) is 0 Å². The number of carbonyl (C=O) groups is 1. The number of rotatable bonds is 6. The molecular formula is C15H18N2O. The van der Waals surface area contributed by atoms with Crippen LogP contribution in [0.5, 0.6) is 0 Å². The van der Waals surface area contributed by atoms with Crippen molar-refractivity contribution in [3.05, 3.63) is 72.5 Å². The SMILES string of the molecule is C=C/C=C(\C=C/C)NC(C(N)=O)c1ccccc1. The molecule has 1 atom stereocenters. The van der Waals surface area contributed by atoms with Crippen molar-refractivity contribution in [3.63, 3.8) is 0 Å². The van der Waals surface area contributed by atoms with Crippen LogP contribution in [0.1, 0.15) is 18.5 Å². The second kappa shape index (κ2) is 7.12. The van der Waals surface area contributed by atoms with E-state index in [1.165, 1.54) is 0 Å². The molecule has 0 spiro atoms. The van der Waals surface area contributed by atoms with E-state index in [9.17, 15) is 4.79 Å². The number of nitrogens with one attached hydrogen (secondary N) is 1. The number of carbonyl (C=O) groups excluding carboxylic acids is 1. The molecule has 0 saturated carbocycles. The summed E-state index contributed by atoms with van der Waals surface area (Å²) in [6, 6.07) is 8.83. The number of amides is 1. The summed E-state index contributed by atoms with van der Waals surface area (Å²) in [5.41, 5.74) is 7.06. The monoisotopic (exact) mass is 242 g/mol. The van der Waals surface area contributed by atoms with Gasteiger partial charge >= 0.3 is 0 Å². The van der Waals surface area contributed by atoms with Crippen molar-refractivity contribution in [2.24, 2.45) is 5.73 Å². The third kappa shape index (κ3) is 3.94. The zero-order chi connectivity index (χ0) is 13.4. The maximum atomic E-state index is 11.5. The minimum atomic E-state index is -0.548. The number of allylic oxidation sites excluding steroid dienone is 4. The van der Waals surface area contributed by atoms with Crippen LogP contribution in [0.4, 0.5) is 0 Å². The van der Waals surface area contributed by atoms with Crippen molar-refractivity contribution in [1.29, 1.82) is 0 Å². The molecule has 1 unspecified atom stereocenters. The second-order valence-corrected chi connectivity index (χ2v) is 3.75. The van der Waals surface area contributed by atoms with Crippen LogP contribution >= 0.6 is 0 Å². The van der Waals surface area contributed by atoms with Crippen molar-refractivity contribution in [2.75, 3.05) is 0 Å². The highest BCUT2D eigenvalue weighted by Crippen LogP contribution is 2.14. The zero-order valence-electron chi connectivity index (χ0n) is 10.5. The first-order valence-electron chi connectivity index (χ1n) is 5.75. The number of primary amides is 1. The van der Waals surface area contributed by atoms with Crippen LogP contribution < -0.4 is 11.1 Å². The van der Waals surface area contributed by atoms with E-state index in [1.54, 1.807) is 12.2 Å². The highest BCUT2D eigenvalue weighted by Gasteiger charge is 2.17. The topological polar surface area (TPSA) is 55.1 Å². The summed E-state index contributed by atoms with van der Waals surface area (Å²) in [6.07, 6.45) is 7.19. The molecule has 94 valence electrons. The smallest absolute Gasteiger partial charge is 0.244 e. The van der Waals surface area contributed by atoms with E-state index in [2.05, 4.69) is 11.9 Å². The maximum absolute atomic E-state index is 11.5. The van der Waals surface area contributed by atoms with Gasteiger partial charge in [0, 0.05) is 5.70 Å². The van der Waals surface area contributed by atoms with Gasteiger partial charge in [-0.1, -0.05) is 49.1 Å². The Balaban J connectivity index is 2.97. The normalized spacial score (nSPS) is 13.3. The molecule has 1 rings (SSSR count). The largest absolute Gasteiger partial charge is 0.370 e. The van der Waals surface area contributed by atoms with Gasteiger partial charge in [0.15, 0.2) is 0 Å². The van der Waals surface area contributed by atoms with Crippen molar-refractivity contribution in [3.8, 4) is 0 Å². The lowest BCUT2D eigenvalue weighted by Crippen LogP contribution is -2.32. The molecule has 1 aromatic carbocycles. The second-order valence-electron chi connectivity index (χ2n) is 3.75. The Kier molecular flexibility index (Phi) is 5.45. The predicted octanol–water partition coefficient (Wildman–Crippen LogP) is 2.45. The summed E-state index contributed by atoms with van der Waals surface area (Å²) >= 11 is 0. The molecule has 18 heavy (non-hydrogen) atoms. The molecule has 0 saturated heterocycles. The molecule has 0 aliphatic rings. The Morgan fingerprint density at radius 2 is 2.06 bits per heavy atom. The molecule has 0 aliphatic carbocycles. The minimum Gasteiger partial charge on any atom is -0.370 e. The molecule has 1 amide bonds. The van der Waals surface area contributed by atoms with Crippen molar-refractivity contribution < 1.29 is 4.79 Å². The zero-order valence-corrected chi connectivity index (χ0v) is 10.5. The van der Waals surface area contributed by atoms with E-state index < -0.39 is 11.9 Å². The molecule has 1 aromatic rings. The lowest BCUT2D eigenvalue weighted by atomic mass is 10.1. The lowest BCUT2D eigenvalue weighted by Gasteiger charge is -2.17. The van der Waals surface area contributed by atoms with Crippen LogP contribution in [0.2, 0.25) is 0 Å². The lowest BCUT2D eigenvalue weighted by molar-refractivity contribution is -0.119. The van der Waals surface area contributed by atoms with Gasteiger partial charge in [0.1, 0.15) is 6.04 Å². The highest BCUT2D eigenvalue weighted by molar-refractivity contribution is 5.81. The van der Waals surface area contributed by atoms with Crippen molar-refractivity contribution >= 4 is 5.91 Å². The Labute approximate surface area is 108 Å². The minimum absolute atomic E-state index is 0.416. The van der Waals surface area contributed by atoms with Crippen LogP contribution in [0.15, 0.2) is 66.9 Å². The first kappa shape index (κ1) is 13.8. The first-order chi connectivity index (χ1) is 8.69. The molecule has 0 aromatic heterocycles. The average Bonchev–Trinajstić information content (AvgIpc) is 2.37. The average molecular weight is 242 g/mol. The van der Waals surface area contributed by atoms with Crippen LogP contribution in [0, 0.1) is 0 Å². The quantitative estimate of drug-likeness (QED) is 0.753. The van der Waals surface area contributed by atoms with E-state index in [0.29, 0.717) is 0 Å². The summed E-state index contributed by atoms with van der Waals surface area (Å²) in [4.78, 5) is 11.5. The molecular weight excluding hydrogens is 224 g/mol. The van der Waals surface area contributed by atoms with Gasteiger partial charge in [-0.25, -0.2) is 0 Å². The summed E-state index contributed by atoms with van der Waals surface area (Å²) in [5.74, 6) is -0.416. The van der Waals surface area contributed by atoms with Gasteiger partial charge in [0.05, 0.1) is 0 Å². The Morgan fingerprint density at radius 3 is 2.56 bits per heavy atom. The Hall–Kier alpha value is -2.29. The number of hydrogen-bond donors (Lipinski definition) is 2. The Bertz CT molecular complexity index is 461. The third-order valence-corrected chi connectivity index (χ3v) is 2.37. The number of benzene rings is 1. The van der Waals surface area contributed by atoms with Crippen LogP contribution in [0.25, 0.3) is 0 Å². The van der Waals surface area contributed by atoms with Crippen LogP contribution in [-0.4, -0.2) is 5.91 Å². The molecule has 0 fully saturated rings. The summed E-state index contributed by atoms with van der Waals surface area (Å²) in [6.45, 7) is 5.54. The first-order valence-corrected chi connectivity index (χ1v) is 5.75. The summed E-state index contributed by atoms with van der Waals surface area (Å²) in [5, 5.41) is 3.10.